The lowest BCUT2D eigenvalue weighted by Gasteiger charge is -2.46. The number of carbonyl (C=O) groups is 2. The Labute approximate surface area is 188 Å². The van der Waals surface area contributed by atoms with Crippen molar-refractivity contribution in [3.8, 4) is 17.0 Å². The normalized spacial score (nSPS) is 20.3. The summed E-state index contributed by atoms with van der Waals surface area (Å²) < 4.78 is 11.7. The molecule has 2 aliphatic heterocycles. The zero-order valence-electron chi connectivity index (χ0n) is 19.4. The van der Waals surface area contributed by atoms with Crippen molar-refractivity contribution in [2.45, 2.75) is 71.6 Å². The number of amides is 2. The van der Waals surface area contributed by atoms with Gasteiger partial charge in [-0.15, -0.1) is 0 Å². The summed E-state index contributed by atoms with van der Waals surface area (Å²) in [6.07, 6.45) is 5.46. The lowest BCUT2D eigenvalue weighted by molar-refractivity contribution is -0.0374. The van der Waals surface area contributed by atoms with Crippen molar-refractivity contribution in [3.63, 3.8) is 0 Å². The van der Waals surface area contributed by atoms with E-state index in [4.69, 9.17) is 9.47 Å². The van der Waals surface area contributed by atoms with Crippen LogP contribution in [0.5, 0.6) is 5.75 Å². The number of nitrogens with zero attached hydrogens (tertiary/aromatic N) is 2. The molecule has 8 heteroatoms. The van der Waals surface area contributed by atoms with Crippen LogP contribution < -0.4 is 10.1 Å². The lowest BCUT2D eigenvalue weighted by atomic mass is 9.95. The number of aromatic amines is 1. The fourth-order valence-corrected chi connectivity index (χ4v) is 4.55. The Hall–Kier alpha value is -3.03. The van der Waals surface area contributed by atoms with Crippen molar-refractivity contribution < 1.29 is 19.1 Å². The van der Waals surface area contributed by atoms with Gasteiger partial charge in [-0.1, -0.05) is 6.92 Å². The Morgan fingerprint density at radius 1 is 1.34 bits per heavy atom. The van der Waals surface area contributed by atoms with Gasteiger partial charge in [-0.2, -0.15) is 0 Å². The first-order valence-corrected chi connectivity index (χ1v) is 11.3. The van der Waals surface area contributed by atoms with E-state index >= 15 is 0 Å². The molecule has 0 saturated carbocycles. The quantitative estimate of drug-likeness (QED) is 0.739. The van der Waals surface area contributed by atoms with Crippen LogP contribution in [0.2, 0.25) is 0 Å². The molecule has 2 aromatic heterocycles. The van der Waals surface area contributed by atoms with Gasteiger partial charge in [-0.05, 0) is 52.2 Å². The highest BCUT2D eigenvalue weighted by molar-refractivity contribution is 6.00. The number of fused-ring (bicyclic) bond motifs is 1. The average molecular weight is 441 g/mol. The summed E-state index contributed by atoms with van der Waals surface area (Å²) in [5.74, 6) is 0.600. The monoisotopic (exact) mass is 440 g/mol. The van der Waals surface area contributed by atoms with Crippen molar-refractivity contribution in [1.29, 1.82) is 0 Å². The molecule has 0 bridgehead atoms. The van der Waals surface area contributed by atoms with Gasteiger partial charge in [-0.3, -0.25) is 14.7 Å². The molecule has 1 saturated heterocycles. The molecular weight excluding hydrogens is 408 g/mol. The Morgan fingerprint density at radius 3 is 2.81 bits per heavy atom. The molecule has 2 unspecified atom stereocenters. The highest BCUT2D eigenvalue weighted by atomic mass is 16.6. The van der Waals surface area contributed by atoms with E-state index in [2.05, 4.69) is 15.3 Å². The molecule has 172 valence electrons. The smallest absolute Gasteiger partial charge is 0.410 e. The highest BCUT2D eigenvalue weighted by Crippen LogP contribution is 2.36. The van der Waals surface area contributed by atoms with Gasteiger partial charge in [0.05, 0.1) is 23.5 Å². The first-order chi connectivity index (χ1) is 15.2. The van der Waals surface area contributed by atoms with Crippen LogP contribution >= 0.6 is 0 Å². The molecule has 0 aromatic carbocycles. The van der Waals surface area contributed by atoms with E-state index < -0.39 is 5.60 Å². The van der Waals surface area contributed by atoms with Crippen LogP contribution in [0, 0.1) is 0 Å². The molecule has 0 spiro atoms. The maximum Gasteiger partial charge on any atom is 0.410 e. The fourth-order valence-electron chi connectivity index (χ4n) is 4.55. The minimum absolute atomic E-state index is 0.0291. The zero-order valence-corrected chi connectivity index (χ0v) is 19.4. The minimum Gasteiger partial charge on any atom is -0.489 e. The maximum absolute atomic E-state index is 12.6. The molecular formula is C24H32N4O4. The summed E-state index contributed by atoms with van der Waals surface area (Å²) in [7, 11) is 0. The van der Waals surface area contributed by atoms with Crippen molar-refractivity contribution in [2.75, 3.05) is 13.2 Å². The molecule has 2 N–H and O–H groups in total. The molecule has 4 rings (SSSR count). The second-order valence-corrected chi connectivity index (χ2v) is 9.50. The highest BCUT2D eigenvalue weighted by Gasteiger charge is 2.41. The lowest BCUT2D eigenvalue weighted by Crippen LogP contribution is -2.60. The molecule has 4 heterocycles. The molecule has 2 aliphatic rings. The summed E-state index contributed by atoms with van der Waals surface area (Å²) in [5.41, 5.74) is 3.94. The number of likely N-dealkylation sites (tertiary alicyclic amines) is 1. The Morgan fingerprint density at radius 2 is 2.12 bits per heavy atom. The Bertz CT molecular complexity index is 1020. The fraction of sp³-hybridized carbons (Fsp3) is 0.542. The standard InChI is InChI=1S/C24H32N4O4/c1-6-16-20-18(8-10-26-22(20)29)27-21(16)17-7-9-25-12-19(17)31-13-15-11-14(2)28(15)23(30)32-24(3,4)5/h7,9,12,14-15,27H,6,8,10-11,13H2,1-5H3,(H,26,29). The molecule has 8 nitrogen and oxygen atoms in total. The van der Waals surface area contributed by atoms with E-state index in [9.17, 15) is 9.59 Å². The Kier molecular flexibility index (Phi) is 5.88. The van der Waals surface area contributed by atoms with Gasteiger partial charge >= 0.3 is 6.09 Å². The first kappa shape index (κ1) is 22.2. The van der Waals surface area contributed by atoms with Gasteiger partial charge < -0.3 is 19.8 Å². The summed E-state index contributed by atoms with van der Waals surface area (Å²) in [6.45, 7) is 10.6. The molecule has 0 aliphatic carbocycles. The number of aromatic nitrogens is 2. The number of pyridine rings is 1. The van der Waals surface area contributed by atoms with E-state index in [1.54, 1.807) is 17.3 Å². The minimum atomic E-state index is -0.538. The number of hydrogen-bond acceptors (Lipinski definition) is 5. The Balaban J connectivity index is 1.55. The van der Waals surface area contributed by atoms with E-state index in [-0.39, 0.29) is 24.1 Å². The number of ether oxygens (including phenoxy) is 2. The SMILES string of the molecule is CCc1c(-c2ccncc2OCC2CC(C)N2C(=O)OC(C)(C)C)[nH]c2c1C(=O)NCC2. The first-order valence-electron chi connectivity index (χ1n) is 11.3. The third-order valence-corrected chi connectivity index (χ3v) is 5.99. The number of hydrogen-bond donors (Lipinski definition) is 2. The number of H-pyrrole nitrogens is 1. The second-order valence-electron chi connectivity index (χ2n) is 9.50. The van der Waals surface area contributed by atoms with E-state index in [0.717, 1.165) is 47.3 Å². The third-order valence-electron chi connectivity index (χ3n) is 5.99. The van der Waals surface area contributed by atoms with Gasteiger partial charge in [-0.25, -0.2) is 4.79 Å². The van der Waals surface area contributed by atoms with Crippen LogP contribution in [-0.2, 0) is 17.6 Å². The van der Waals surface area contributed by atoms with Gasteiger partial charge in [0.2, 0.25) is 0 Å². The molecule has 0 radical (unpaired) electrons. The average Bonchev–Trinajstić information content (AvgIpc) is 3.09. The van der Waals surface area contributed by atoms with Crippen LogP contribution in [0.25, 0.3) is 11.3 Å². The van der Waals surface area contributed by atoms with E-state index in [0.29, 0.717) is 18.9 Å². The zero-order chi connectivity index (χ0) is 23.0. The number of rotatable bonds is 5. The topological polar surface area (TPSA) is 96.5 Å². The maximum atomic E-state index is 12.6. The third kappa shape index (κ3) is 4.18. The summed E-state index contributed by atoms with van der Waals surface area (Å²) in [4.78, 5) is 34.5. The van der Waals surface area contributed by atoms with Crippen molar-refractivity contribution in [2.24, 2.45) is 0 Å². The number of carbonyl (C=O) groups excluding carboxylic acids is 2. The summed E-state index contributed by atoms with van der Waals surface area (Å²) in [5, 5.41) is 2.93. The van der Waals surface area contributed by atoms with Gasteiger partial charge in [0.15, 0.2) is 0 Å². The molecule has 2 aromatic rings. The van der Waals surface area contributed by atoms with Crippen molar-refractivity contribution in [3.05, 3.63) is 35.3 Å². The second kappa shape index (κ2) is 8.48. The van der Waals surface area contributed by atoms with Crippen LogP contribution in [0.3, 0.4) is 0 Å². The van der Waals surface area contributed by atoms with Gasteiger partial charge in [0.25, 0.3) is 5.91 Å². The van der Waals surface area contributed by atoms with Crippen LogP contribution in [0.1, 0.15) is 62.7 Å². The van der Waals surface area contributed by atoms with Crippen molar-refractivity contribution >= 4 is 12.0 Å². The van der Waals surface area contributed by atoms with Crippen molar-refractivity contribution in [1.82, 2.24) is 20.2 Å². The molecule has 2 atom stereocenters. The van der Waals surface area contributed by atoms with Gasteiger partial charge in [0.1, 0.15) is 18.0 Å². The molecule has 2 amide bonds. The molecule has 1 fully saturated rings. The number of nitrogens with one attached hydrogen (secondary N) is 2. The largest absolute Gasteiger partial charge is 0.489 e. The van der Waals surface area contributed by atoms with E-state index in [1.165, 1.54) is 0 Å². The van der Waals surface area contributed by atoms with E-state index in [1.807, 2.05) is 40.7 Å². The predicted octanol–water partition coefficient (Wildman–Crippen LogP) is 3.70. The molecule has 32 heavy (non-hydrogen) atoms. The predicted molar refractivity (Wildman–Crippen MR) is 121 cm³/mol. The van der Waals surface area contributed by atoms with Crippen LogP contribution in [-0.4, -0.2) is 57.7 Å². The van der Waals surface area contributed by atoms with Crippen LogP contribution in [0.15, 0.2) is 18.5 Å². The van der Waals surface area contributed by atoms with Crippen LogP contribution in [0.4, 0.5) is 4.79 Å². The van der Waals surface area contributed by atoms with Gasteiger partial charge in [0, 0.05) is 36.5 Å². The summed E-state index contributed by atoms with van der Waals surface area (Å²) >= 11 is 0. The summed E-state index contributed by atoms with van der Waals surface area (Å²) in [6, 6.07) is 1.96.